The molecule has 8 aromatic rings. The number of halogens is 9. The smallest absolute Gasteiger partial charge is 0.416 e. The number of alkyl halides is 9. The van der Waals surface area contributed by atoms with Gasteiger partial charge in [-0.05, 0) is 118 Å². The van der Waals surface area contributed by atoms with Gasteiger partial charge in [0.05, 0.1) is 22.4 Å². The molecule has 0 saturated heterocycles. The molecule has 0 amide bonds. The molecule has 0 aliphatic heterocycles. The monoisotopic (exact) mass is 869 g/mol. The Morgan fingerprint density at radius 2 is 0.952 bits per heavy atom. The van der Waals surface area contributed by atoms with E-state index in [1.807, 2.05) is 27.7 Å². The Morgan fingerprint density at radius 3 is 1.40 bits per heavy atom. The first-order chi connectivity index (χ1) is 29.5. The fraction of sp³-hybridized carbons (Fsp3) is 0.200. The second-order valence-electron chi connectivity index (χ2n) is 16.2. The van der Waals surface area contributed by atoms with Crippen LogP contribution in [0.4, 0.5) is 39.5 Å². The average Bonchev–Trinajstić information content (AvgIpc) is 3.23. The highest BCUT2D eigenvalue weighted by Crippen LogP contribution is 2.48. The summed E-state index contributed by atoms with van der Waals surface area (Å²) in [6.07, 6.45) is -14.0. The number of hydrogen-bond donors (Lipinski definition) is 0. The van der Waals surface area contributed by atoms with Gasteiger partial charge in [-0.1, -0.05) is 76.7 Å². The molecule has 0 atom stereocenters. The number of hydrogen-bond acceptors (Lipinski definition) is 3. The predicted molar refractivity (Wildman–Crippen MR) is 229 cm³/mol. The van der Waals surface area contributed by atoms with Gasteiger partial charge in [0.1, 0.15) is 11.2 Å². The molecule has 8 rings (SSSR count). The molecule has 63 heavy (non-hydrogen) atoms. The van der Waals surface area contributed by atoms with Gasteiger partial charge in [-0.25, -0.2) is 4.57 Å². The summed E-state index contributed by atoms with van der Waals surface area (Å²) in [5.74, 6) is -0.401. The van der Waals surface area contributed by atoms with Crippen LogP contribution in [0, 0.1) is 11.8 Å². The van der Waals surface area contributed by atoms with E-state index in [4.69, 9.17) is 4.42 Å². The van der Waals surface area contributed by atoms with E-state index in [9.17, 15) is 39.5 Å². The van der Waals surface area contributed by atoms with Gasteiger partial charge >= 0.3 is 18.5 Å². The highest BCUT2D eigenvalue weighted by Gasteiger charge is 2.33. The Labute approximate surface area is 353 Å². The predicted octanol–water partition coefficient (Wildman–Crippen LogP) is 15.0. The highest BCUT2D eigenvalue weighted by molar-refractivity contribution is 6.32. The van der Waals surface area contributed by atoms with Crippen molar-refractivity contribution in [2.24, 2.45) is 11.8 Å². The quantitative estimate of drug-likeness (QED) is 0.0694. The molecule has 0 fully saturated rings. The summed E-state index contributed by atoms with van der Waals surface area (Å²) in [6, 6.07) is 20.7. The Hall–Kier alpha value is -6.63. The molecule has 0 spiro atoms. The van der Waals surface area contributed by atoms with E-state index in [1.54, 1.807) is 25.1 Å². The van der Waals surface area contributed by atoms with Crippen LogP contribution in [0.2, 0.25) is 0 Å². The van der Waals surface area contributed by atoms with E-state index in [2.05, 4.69) is 6.58 Å². The lowest BCUT2D eigenvalue weighted by Gasteiger charge is -2.23. The first-order valence-corrected chi connectivity index (χ1v) is 19.8. The molecule has 4 nitrogen and oxygen atoms in total. The summed E-state index contributed by atoms with van der Waals surface area (Å²) in [6.45, 7) is 13.5. The van der Waals surface area contributed by atoms with Crippen LogP contribution in [0.15, 0.2) is 135 Å². The molecule has 0 N–H and O–H groups in total. The van der Waals surface area contributed by atoms with Gasteiger partial charge in [-0.3, -0.25) is 9.59 Å². The van der Waals surface area contributed by atoms with E-state index in [-0.39, 0.29) is 72.5 Å². The minimum Gasteiger partial charge on any atom is -0.455 e. The van der Waals surface area contributed by atoms with Crippen LogP contribution in [0.3, 0.4) is 0 Å². The lowest BCUT2D eigenvalue weighted by Crippen LogP contribution is -2.34. The van der Waals surface area contributed by atoms with Crippen LogP contribution in [-0.4, -0.2) is 4.57 Å². The SMILES string of the molecule is C=C(/C(=C(\C)C(C)C)n1c(=O)c2cc(-c3ccc(C(F)(F)F)cc3)c3oc4ccc(-c5ccc(C(F)(F)F)cc5)cc4c4c(-c5ccc(C(F)(F)F)cc5)cc(c1=O)c2c34)C(C)C. The highest BCUT2D eigenvalue weighted by atomic mass is 19.4. The Bertz CT molecular complexity index is 3240. The summed E-state index contributed by atoms with van der Waals surface area (Å²) < 4.78 is 131. The van der Waals surface area contributed by atoms with Crippen LogP contribution in [0.1, 0.15) is 51.3 Å². The number of fused-ring (bicyclic) bond motifs is 2. The molecule has 2 heterocycles. The lowest BCUT2D eigenvalue weighted by molar-refractivity contribution is -0.138. The zero-order valence-electron chi connectivity index (χ0n) is 34.3. The minimum absolute atomic E-state index is 0.00461. The molecular weight excluding hydrogens is 834 g/mol. The summed E-state index contributed by atoms with van der Waals surface area (Å²) >= 11 is 0. The number of rotatable bonds is 7. The standard InChI is InChI=1S/C50H36F9NO3/c1-24(2)26(5)44(27(6)25(3)4)60-46(61)38-22-35(29-9-16-33(17-10-29)49(54,55)56)41-37-21-31(28-7-14-32(15-8-28)48(51,52)53)13-20-40(37)63-45-36(23-39(47(60)62)42(38)43(41)45)30-11-18-34(19-12-30)50(57,58)59/h7-25H,5H2,1-4,6H3/b44-27-. The zero-order chi connectivity index (χ0) is 45.7. The molecule has 6 aromatic carbocycles. The van der Waals surface area contributed by atoms with Gasteiger partial charge in [0.2, 0.25) is 0 Å². The van der Waals surface area contributed by atoms with E-state index in [0.29, 0.717) is 33.0 Å². The van der Waals surface area contributed by atoms with E-state index in [1.165, 1.54) is 48.5 Å². The van der Waals surface area contributed by atoms with Gasteiger partial charge in [0.15, 0.2) is 0 Å². The Morgan fingerprint density at radius 1 is 0.524 bits per heavy atom. The lowest BCUT2D eigenvalue weighted by atomic mass is 9.86. The summed E-state index contributed by atoms with van der Waals surface area (Å²) in [7, 11) is 0. The average molecular weight is 870 g/mol. The summed E-state index contributed by atoms with van der Waals surface area (Å²) in [4.78, 5) is 30.3. The van der Waals surface area contributed by atoms with Crippen LogP contribution >= 0.6 is 0 Å². The fourth-order valence-corrected chi connectivity index (χ4v) is 8.06. The molecule has 0 bridgehead atoms. The molecule has 0 aliphatic carbocycles. The van der Waals surface area contributed by atoms with Crippen LogP contribution < -0.4 is 11.1 Å². The van der Waals surface area contributed by atoms with Gasteiger partial charge in [-0.15, -0.1) is 0 Å². The van der Waals surface area contributed by atoms with Crippen molar-refractivity contribution in [2.45, 2.75) is 53.1 Å². The molecule has 322 valence electrons. The second kappa shape index (κ2) is 15.0. The third-order valence-corrected chi connectivity index (χ3v) is 11.7. The zero-order valence-corrected chi connectivity index (χ0v) is 34.3. The number of benzene rings is 6. The third kappa shape index (κ3) is 7.36. The van der Waals surface area contributed by atoms with Crippen molar-refractivity contribution in [2.75, 3.05) is 0 Å². The van der Waals surface area contributed by atoms with Crippen LogP contribution in [0.5, 0.6) is 0 Å². The number of nitrogens with zero attached hydrogens (tertiary/aromatic N) is 1. The van der Waals surface area contributed by atoms with Gasteiger partial charge in [0.25, 0.3) is 11.1 Å². The normalized spacial score (nSPS) is 13.3. The maximum absolute atomic E-state index is 15.1. The van der Waals surface area contributed by atoms with Gasteiger partial charge < -0.3 is 4.42 Å². The number of pyridine rings is 1. The topological polar surface area (TPSA) is 52.2 Å². The third-order valence-electron chi connectivity index (χ3n) is 11.7. The molecule has 13 heteroatoms. The maximum atomic E-state index is 15.1. The van der Waals surface area contributed by atoms with Crippen molar-refractivity contribution in [3.8, 4) is 33.4 Å². The van der Waals surface area contributed by atoms with E-state index in [0.717, 1.165) is 41.0 Å². The Balaban J connectivity index is 1.60. The molecule has 2 aromatic heterocycles. The van der Waals surface area contributed by atoms with Gasteiger partial charge in [0, 0.05) is 37.9 Å². The summed E-state index contributed by atoms with van der Waals surface area (Å²) in [5.41, 5.74) is -0.893. The van der Waals surface area contributed by atoms with Crippen molar-refractivity contribution in [1.82, 2.24) is 4.57 Å². The first-order valence-electron chi connectivity index (χ1n) is 19.8. The van der Waals surface area contributed by atoms with Crippen LogP contribution in [-0.2, 0) is 18.5 Å². The van der Waals surface area contributed by atoms with Crippen molar-refractivity contribution < 1.29 is 43.9 Å². The number of aromatic nitrogens is 1. The molecule has 0 unspecified atom stereocenters. The molecule has 0 saturated carbocycles. The van der Waals surface area contributed by atoms with E-state index >= 15 is 9.59 Å². The fourth-order valence-electron chi connectivity index (χ4n) is 8.06. The van der Waals surface area contributed by atoms with Crippen LogP contribution in [0.25, 0.3) is 82.6 Å². The Kier molecular flexibility index (Phi) is 10.3. The molecule has 0 aliphatic rings. The van der Waals surface area contributed by atoms with Crippen molar-refractivity contribution in [3.63, 3.8) is 0 Å². The minimum atomic E-state index is -4.69. The van der Waals surface area contributed by atoms with E-state index < -0.39 is 46.3 Å². The van der Waals surface area contributed by atoms with Crippen molar-refractivity contribution in [1.29, 1.82) is 0 Å². The van der Waals surface area contributed by atoms with Gasteiger partial charge in [-0.2, -0.15) is 39.5 Å². The maximum Gasteiger partial charge on any atom is 0.416 e. The molecule has 0 radical (unpaired) electrons. The largest absolute Gasteiger partial charge is 0.455 e. The van der Waals surface area contributed by atoms with Crippen molar-refractivity contribution >= 4 is 49.2 Å². The summed E-state index contributed by atoms with van der Waals surface area (Å²) in [5, 5.41) is 0.943. The number of allylic oxidation sites excluding steroid dienone is 3. The first kappa shape index (κ1) is 43.0. The molecular formula is C50H36F9NO3. The second-order valence-corrected chi connectivity index (χ2v) is 16.2. The van der Waals surface area contributed by atoms with Crippen molar-refractivity contribution in [3.05, 3.63) is 158 Å².